The van der Waals surface area contributed by atoms with Crippen molar-refractivity contribution < 1.29 is 14.3 Å². The zero-order valence-electron chi connectivity index (χ0n) is 14.7. The van der Waals surface area contributed by atoms with E-state index in [-0.39, 0.29) is 24.0 Å². The first-order chi connectivity index (χ1) is 12.6. The summed E-state index contributed by atoms with van der Waals surface area (Å²) in [6.07, 6.45) is 5.43. The third-order valence-corrected chi connectivity index (χ3v) is 5.15. The van der Waals surface area contributed by atoms with Crippen LogP contribution in [0.15, 0.2) is 53.2 Å². The molecule has 0 radical (unpaired) electrons. The SMILES string of the molecule is Cc1cc2cccc(C(=O)NC(Cc3ccncc3)C3CC(O)C3)c2o1. The molecule has 1 amide bonds. The maximum absolute atomic E-state index is 12.9. The molecule has 2 aromatic heterocycles. The number of carbonyl (C=O) groups excluding carboxylic acids is 1. The number of hydrogen-bond acceptors (Lipinski definition) is 4. The van der Waals surface area contributed by atoms with E-state index in [9.17, 15) is 9.90 Å². The topological polar surface area (TPSA) is 75.4 Å². The number of nitrogens with one attached hydrogen (secondary N) is 1. The summed E-state index contributed by atoms with van der Waals surface area (Å²) in [5.41, 5.74) is 2.30. The van der Waals surface area contributed by atoms with Gasteiger partial charge in [0.15, 0.2) is 0 Å². The van der Waals surface area contributed by atoms with Crippen molar-refractivity contribution in [2.24, 2.45) is 5.92 Å². The van der Waals surface area contributed by atoms with E-state index in [0.717, 1.165) is 36.0 Å². The van der Waals surface area contributed by atoms with Crippen molar-refractivity contribution in [3.8, 4) is 0 Å². The number of aliphatic hydroxyl groups excluding tert-OH is 1. The second kappa shape index (κ2) is 6.92. The van der Waals surface area contributed by atoms with Crippen molar-refractivity contribution in [1.29, 1.82) is 0 Å². The Kier molecular flexibility index (Phi) is 4.47. The van der Waals surface area contributed by atoms with E-state index >= 15 is 0 Å². The van der Waals surface area contributed by atoms with Crippen LogP contribution in [0.3, 0.4) is 0 Å². The average molecular weight is 350 g/mol. The van der Waals surface area contributed by atoms with Gasteiger partial charge in [-0.15, -0.1) is 0 Å². The van der Waals surface area contributed by atoms with Crippen LogP contribution in [0.2, 0.25) is 0 Å². The van der Waals surface area contributed by atoms with Gasteiger partial charge in [0.1, 0.15) is 11.3 Å². The summed E-state index contributed by atoms with van der Waals surface area (Å²) in [5.74, 6) is 0.931. The molecule has 5 heteroatoms. The molecule has 2 N–H and O–H groups in total. The van der Waals surface area contributed by atoms with Crippen LogP contribution in [-0.4, -0.2) is 28.1 Å². The van der Waals surface area contributed by atoms with Gasteiger partial charge in [-0.3, -0.25) is 9.78 Å². The summed E-state index contributed by atoms with van der Waals surface area (Å²) in [4.78, 5) is 17.0. The number of amides is 1. The fraction of sp³-hybridized carbons (Fsp3) is 0.333. The molecule has 1 atom stereocenters. The molecule has 4 rings (SSSR count). The molecule has 1 saturated carbocycles. The monoisotopic (exact) mass is 350 g/mol. The molecule has 0 bridgehead atoms. The first-order valence-electron chi connectivity index (χ1n) is 8.97. The van der Waals surface area contributed by atoms with E-state index in [1.54, 1.807) is 18.5 Å². The third kappa shape index (κ3) is 3.35. The van der Waals surface area contributed by atoms with Gasteiger partial charge >= 0.3 is 0 Å². The Bertz CT molecular complexity index is 913. The molecule has 0 spiro atoms. The van der Waals surface area contributed by atoms with Crippen LogP contribution in [0, 0.1) is 12.8 Å². The lowest BCUT2D eigenvalue weighted by Crippen LogP contribution is -2.48. The lowest BCUT2D eigenvalue weighted by atomic mass is 9.75. The Labute approximate surface area is 152 Å². The van der Waals surface area contributed by atoms with Crippen molar-refractivity contribution in [2.45, 2.75) is 38.3 Å². The maximum atomic E-state index is 12.9. The number of rotatable bonds is 5. The minimum Gasteiger partial charge on any atom is -0.461 e. The van der Waals surface area contributed by atoms with Crippen molar-refractivity contribution in [3.05, 3.63) is 65.7 Å². The molecule has 1 aromatic carbocycles. The van der Waals surface area contributed by atoms with Gasteiger partial charge in [-0.05, 0) is 61.9 Å². The average Bonchev–Trinajstić information content (AvgIpc) is 2.99. The van der Waals surface area contributed by atoms with Gasteiger partial charge < -0.3 is 14.8 Å². The van der Waals surface area contributed by atoms with Crippen LogP contribution < -0.4 is 5.32 Å². The summed E-state index contributed by atoms with van der Waals surface area (Å²) >= 11 is 0. The van der Waals surface area contributed by atoms with E-state index in [0.29, 0.717) is 11.1 Å². The predicted octanol–water partition coefficient (Wildman–Crippen LogP) is 3.25. The highest BCUT2D eigenvalue weighted by Crippen LogP contribution is 2.32. The minimum absolute atomic E-state index is 0.0281. The van der Waals surface area contributed by atoms with E-state index in [4.69, 9.17) is 4.42 Å². The van der Waals surface area contributed by atoms with Crippen LogP contribution in [0.1, 0.15) is 34.5 Å². The Hall–Kier alpha value is -2.66. The summed E-state index contributed by atoms with van der Waals surface area (Å²) < 4.78 is 5.73. The Balaban J connectivity index is 1.57. The van der Waals surface area contributed by atoms with Gasteiger partial charge in [0.05, 0.1) is 11.7 Å². The fourth-order valence-electron chi connectivity index (χ4n) is 3.68. The standard InChI is InChI=1S/C21H22N2O3/c1-13-9-15-3-2-4-18(20(15)26-13)21(25)23-19(16-11-17(24)12-16)10-14-5-7-22-8-6-14/h2-9,16-17,19,24H,10-12H2,1H3,(H,23,25). The Morgan fingerprint density at radius 2 is 2.08 bits per heavy atom. The summed E-state index contributed by atoms with van der Waals surface area (Å²) in [7, 11) is 0. The first kappa shape index (κ1) is 16.8. The molecule has 1 fully saturated rings. The molecular formula is C21H22N2O3. The van der Waals surface area contributed by atoms with Crippen LogP contribution >= 0.6 is 0 Å². The summed E-state index contributed by atoms with van der Waals surface area (Å²) in [6, 6.07) is 11.4. The van der Waals surface area contributed by atoms with E-state index in [2.05, 4.69) is 10.3 Å². The van der Waals surface area contributed by atoms with Gasteiger partial charge in [-0.2, -0.15) is 0 Å². The zero-order chi connectivity index (χ0) is 18.1. The second-order valence-corrected chi connectivity index (χ2v) is 7.11. The number of fused-ring (bicyclic) bond motifs is 1. The number of aliphatic hydroxyl groups is 1. The van der Waals surface area contributed by atoms with E-state index in [1.165, 1.54) is 0 Å². The van der Waals surface area contributed by atoms with Gasteiger partial charge in [-0.25, -0.2) is 0 Å². The maximum Gasteiger partial charge on any atom is 0.255 e. The number of furan rings is 1. The van der Waals surface area contributed by atoms with Crippen molar-refractivity contribution >= 4 is 16.9 Å². The predicted molar refractivity (Wildman–Crippen MR) is 98.9 cm³/mol. The fourth-order valence-corrected chi connectivity index (χ4v) is 3.68. The molecule has 134 valence electrons. The molecule has 5 nitrogen and oxygen atoms in total. The highest BCUT2D eigenvalue weighted by atomic mass is 16.3. The molecule has 1 aliphatic rings. The van der Waals surface area contributed by atoms with Crippen molar-refractivity contribution in [2.75, 3.05) is 0 Å². The van der Waals surface area contributed by atoms with Crippen LogP contribution in [0.4, 0.5) is 0 Å². The summed E-state index contributed by atoms with van der Waals surface area (Å²) in [6.45, 7) is 1.88. The van der Waals surface area contributed by atoms with Gasteiger partial charge in [-0.1, -0.05) is 12.1 Å². The highest BCUT2D eigenvalue weighted by molar-refractivity contribution is 6.05. The van der Waals surface area contributed by atoms with Crippen molar-refractivity contribution in [3.63, 3.8) is 0 Å². The van der Waals surface area contributed by atoms with E-state index < -0.39 is 0 Å². The largest absolute Gasteiger partial charge is 0.461 e. The molecular weight excluding hydrogens is 328 g/mol. The molecule has 2 heterocycles. The van der Waals surface area contributed by atoms with Crippen molar-refractivity contribution in [1.82, 2.24) is 10.3 Å². The normalized spacial score (nSPS) is 20.5. The Morgan fingerprint density at radius 3 is 2.81 bits per heavy atom. The second-order valence-electron chi connectivity index (χ2n) is 7.11. The molecule has 0 aliphatic heterocycles. The van der Waals surface area contributed by atoms with Crippen LogP contribution in [0.25, 0.3) is 11.0 Å². The number of benzene rings is 1. The number of nitrogens with zero attached hydrogens (tertiary/aromatic N) is 1. The van der Waals surface area contributed by atoms with Crippen LogP contribution in [-0.2, 0) is 6.42 Å². The molecule has 0 saturated heterocycles. The molecule has 26 heavy (non-hydrogen) atoms. The number of aryl methyl sites for hydroxylation is 1. The quantitative estimate of drug-likeness (QED) is 0.741. The Morgan fingerprint density at radius 1 is 1.31 bits per heavy atom. The van der Waals surface area contributed by atoms with Gasteiger partial charge in [0.2, 0.25) is 0 Å². The molecule has 3 aromatic rings. The smallest absolute Gasteiger partial charge is 0.255 e. The lowest BCUT2D eigenvalue weighted by Gasteiger charge is -2.38. The van der Waals surface area contributed by atoms with Gasteiger partial charge in [0, 0.05) is 23.8 Å². The first-order valence-corrected chi connectivity index (χ1v) is 8.97. The number of para-hydroxylation sites is 1. The zero-order valence-corrected chi connectivity index (χ0v) is 14.7. The lowest BCUT2D eigenvalue weighted by molar-refractivity contribution is 0.0239. The highest BCUT2D eigenvalue weighted by Gasteiger charge is 2.35. The van der Waals surface area contributed by atoms with E-state index in [1.807, 2.05) is 37.3 Å². The van der Waals surface area contributed by atoms with Gasteiger partial charge in [0.25, 0.3) is 5.91 Å². The molecule has 1 aliphatic carbocycles. The number of pyridine rings is 1. The number of hydrogen-bond donors (Lipinski definition) is 2. The number of carbonyl (C=O) groups is 1. The molecule has 1 unspecified atom stereocenters. The minimum atomic E-state index is -0.256. The number of aromatic nitrogens is 1. The summed E-state index contributed by atoms with van der Waals surface area (Å²) in [5, 5.41) is 13.8. The van der Waals surface area contributed by atoms with Crippen LogP contribution in [0.5, 0.6) is 0 Å². The third-order valence-electron chi connectivity index (χ3n) is 5.15.